The van der Waals surface area contributed by atoms with Crippen LogP contribution in [0.25, 0.3) is 0 Å². The predicted octanol–water partition coefficient (Wildman–Crippen LogP) is 2.10. The molecule has 0 atom stereocenters. The third-order valence-electron chi connectivity index (χ3n) is 3.02. The van der Waals surface area contributed by atoms with Gasteiger partial charge in [-0.3, -0.25) is 4.72 Å². The summed E-state index contributed by atoms with van der Waals surface area (Å²) in [4.78, 5) is 6.74. The summed E-state index contributed by atoms with van der Waals surface area (Å²) in [6, 6.07) is 3.12. The van der Waals surface area contributed by atoms with Crippen molar-refractivity contribution in [3.8, 4) is 5.75 Å². The first-order valence-corrected chi connectivity index (χ1v) is 7.68. The minimum Gasteiger partial charge on any atom is -0.508 e. The molecular weight excluding hydrogens is 278 g/mol. The number of sulfonamides is 1. The van der Waals surface area contributed by atoms with E-state index in [9.17, 15) is 13.5 Å². The van der Waals surface area contributed by atoms with Gasteiger partial charge < -0.3 is 10.1 Å². The van der Waals surface area contributed by atoms with Crippen LogP contribution in [0.5, 0.6) is 5.75 Å². The fraction of sp³-hybridized carbons (Fsp3) is 0.308. The highest BCUT2D eigenvalue weighted by Crippen LogP contribution is 2.26. The molecule has 1 aromatic carbocycles. The molecule has 0 radical (unpaired) electrons. The average molecular weight is 295 g/mol. The Bertz CT molecular complexity index is 735. The lowest BCUT2D eigenvalue weighted by atomic mass is 10.1. The maximum absolute atomic E-state index is 12.2. The summed E-state index contributed by atoms with van der Waals surface area (Å²) in [5.41, 5.74) is 1.69. The number of aromatic amines is 1. The summed E-state index contributed by atoms with van der Waals surface area (Å²) in [5.74, 6) is 0.754. The molecule has 0 spiro atoms. The number of nitrogens with one attached hydrogen (secondary N) is 2. The largest absolute Gasteiger partial charge is 0.508 e. The van der Waals surface area contributed by atoms with Gasteiger partial charge in [-0.2, -0.15) is 8.42 Å². The summed E-state index contributed by atoms with van der Waals surface area (Å²) < 4.78 is 27.0. The van der Waals surface area contributed by atoms with Gasteiger partial charge >= 0.3 is 0 Å². The first kappa shape index (κ1) is 14.4. The Morgan fingerprint density at radius 1 is 1.30 bits per heavy atom. The van der Waals surface area contributed by atoms with E-state index in [0.29, 0.717) is 29.1 Å². The van der Waals surface area contributed by atoms with Crippen LogP contribution in [0.3, 0.4) is 0 Å². The molecule has 3 N–H and O–H groups in total. The fourth-order valence-corrected chi connectivity index (χ4v) is 2.83. The van der Waals surface area contributed by atoms with Gasteiger partial charge in [-0.1, -0.05) is 6.92 Å². The number of aryl methyl sites for hydroxylation is 3. The van der Waals surface area contributed by atoms with Crippen LogP contribution in [0.2, 0.25) is 0 Å². The van der Waals surface area contributed by atoms with Gasteiger partial charge in [0.1, 0.15) is 11.6 Å². The molecular formula is C13H17N3O3S. The number of aromatic nitrogens is 2. The Morgan fingerprint density at radius 3 is 2.60 bits per heavy atom. The highest BCUT2D eigenvalue weighted by Gasteiger charge is 2.18. The quantitative estimate of drug-likeness (QED) is 0.753. The van der Waals surface area contributed by atoms with Crippen LogP contribution in [0.1, 0.15) is 23.9 Å². The average Bonchev–Trinajstić information content (AvgIpc) is 2.85. The minimum absolute atomic E-state index is 0.0273. The summed E-state index contributed by atoms with van der Waals surface area (Å²) in [6.45, 7) is 5.32. The fourth-order valence-electron chi connectivity index (χ4n) is 1.77. The zero-order valence-corrected chi connectivity index (χ0v) is 12.4. The first-order valence-electron chi connectivity index (χ1n) is 6.20. The Labute approximate surface area is 117 Å². The van der Waals surface area contributed by atoms with Crippen molar-refractivity contribution in [2.24, 2.45) is 0 Å². The van der Waals surface area contributed by atoms with Crippen LogP contribution in [-0.4, -0.2) is 23.5 Å². The molecule has 6 nitrogen and oxygen atoms in total. The molecule has 108 valence electrons. The number of benzene rings is 1. The molecule has 0 unspecified atom stereocenters. The summed E-state index contributed by atoms with van der Waals surface area (Å²) in [6.07, 6.45) is 1.93. The van der Waals surface area contributed by atoms with E-state index in [1.807, 2.05) is 6.92 Å². The van der Waals surface area contributed by atoms with Crippen LogP contribution >= 0.6 is 0 Å². The zero-order valence-electron chi connectivity index (χ0n) is 11.6. The smallest absolute Gasteiger partial charge is 0.278 e. The molecule has 0 bridgehead atoms. The van der Waals surface area contributed by atoms with Crippen molar-refractivity contribution < 1.29 is 13.5 Å². The second-order valence-electron chi connectivity index (χ2n) is 4.61. The number of aromatic hydroxyl groups is 1. The van der Waals surface area contributed by atoms with Gasteiger partial charge in [-0.15, -0.1) is 0 Å². The van der Waals surface area contributed by atoms with Crippen LogP contribution in [-0.2, 0) is 16.4 Å². The highest BCUT2D eigenvalue weighted by molar-refractivity contribution is 7.92. The molecule has 20 heavy (non-hydrogen) atoms. The van der Waals surface area contributed by atoms with Gasteiger partial charge in [0.2, 0.25) is 0 Å². The van der Waals surface area contributed by atoms with Gasteiger partial charge in [0.25, 0.3) is 10.0 Å². The first-order chi connectivity index (χ1) is 9.33. The lowest BCUT2D eigenvalue weighted by molar-refractivity contribution is 0.471. The Morgan fingerprint density at radius 2 is 2.00 bits per heavy atom. The summed E-state index contributed by atoms with van der Waals surface area (Å²) in [7, 11) is -3.70. The number of phenols is 1. The molecule has 2 aromatic rings. The number of hydrogen-bond donors (Lipinski definition) is 3. The molecule has 2 rings (SSSR count). The standard InChI is InChI=1S/C13H17N3O3S/c1-4-12-14-7-13(15-12)20(18,19)16-10-5-9(3)11(17)6-8(10)2/h5-7,16-17H,4H2,1-3H3,(H,14,15). The summed E-state index contributed by atoms with van der Waals surface area (Å²) >= 11 is 0. The lowest BCUT2D eigenvalue weighted by Gasteiger charge is -2.11. The topological polar surface area (TPSA) is 95.1 Å². The Kier molecular flexibility index (Phi) is 3.71. The van der Waals surface area contributed by atoms with E-state index in [1.54, 1.807) is 19.9 Å². The number of imidazole rings is 1. The monoisotopic (exact) mass is 295 g/mol. The number of phenolic OH excluding ortho intramolecular Hbond substituents is 1. The van der Waals surface area contributed by atoms with Crippen molar-refractivity contribution in [2.45, 2.75) is 32.2 Å². The molecule has 0 aliphatic heterocycles. The number of anilines is 1. The number of hydrogen-bond acceptors (Lipinski definition) is 4. The third kappa shape index (κ3) is 2.77. The van der Waals surface area contributed by atoms with Crippen molar-refractivity contribution in [1.82, 2.24) is 9.97 Å². The van der Waals surface area contributed by atoms with E-state index < -0.39 is 10.0 Å². The molecule has 7 heteroatoms. The lowest BCUT2D eigenvalue weighted by Crippen LogP contribution is -2.14. The van der Waals surface area contributed by atoms with Gasteiger partial charge in [0.15, 0.2) is 5.03 Å². The van der Waals surface area contributed by atoms with E-state index in [2.05, 4.69) is 14.7 Å². The van der Waals surface area contributed by atoms with Crippen LogP contribution in [0.15, 0.2) is 23.4 Å². The van der Waals surface area contributed by atoms with Crippen molar-refractivity contribution in [2.75, 3.05) is 4.72 Å². The molecule has 1 aromatic heterocycles. The highest BCUT2D eigenvalue weighted by atomic mass is 32.2. The molecule has 0 saturated carbocycles. The van der Waals surface area contributed by atoms with E-state index in [-0.39, 0.29) is 10.8 Å². The molecule has 1 heterocycles. The predicted molar refractivity (Wildman–Crippen MR) is 76.4 cm³/mol. The van der Waals surface area contributed by atoms with Crippen molar-refractivity contribution in [1.29, 1.82) is 0 Å². The number of H-pyrrole nitrogens is 1. The van der Waals surface area contributed by atoms with Crippen molar-refractivity contribution in [3.05, 3.63) is 35.3 Å². The van der Waals surface area contributed by atoms with Crippen LogP contribution in [0, 0.1) is 13.8 Å². The van der Waals surface area contributed by atoms with Crippen LogP contribution in [0.4, 0.5) is 5.69 Å². The van der Waals surface area contributed by atoms with Crippen LogP contribution < -0.4 is 4.72 Å². The van der Waals surface area contributed by atoms with Gasteiger partial charge in [-0.05, 0) is 37.1 Å². The molecule has 0 saturated heterocycles. The summed E-state index contributed by atoms with van der Waals surface area (Å²) in [5, 5.41) is 9.61. The third-order valence-corrected chi connectivity index (χ3v) is 4.29. The van der Waals surface area contributed by atoms with E-state index in [0.717, 1.165) is 0 Å². The van der Waals surface area contributed by atoms with Gasteiger partial charge in [0, 0.05) is 6.42 Å². The number of nitrogens with zero attached hydrogens (tertiary/aromatic N) is 1. The van der Waals surface area contributed by atoms with E-state index in [4.69, 9.17) is 0 Å². The Balaban J connectivity index is 2.35. The van der Waals surface area contributed by atoms with Gasteiger partial charge in [-0.25, -0.2) is 4.98 Å². The molecule has 0 aliphatic carbocycles. The zero-order chi connectivity index (χ0) is 14.9. The molecule has 0 fully saturated rings. The maximum Gasteiger partial charge on any atom is 0.278 e. The van der Waals surface area contributed by atoms with Crippen molar-refractivity contribution >= 4 is 15.7 Å². The minimum atomic E-state index is -3.70. The molecule has 0 aliphatic rings. The Hall–Kier alpha value is -2.02. The van der Waals surface area contributed by atoms with E-state index >= 15 is 0 Å². The molecule has 0 amide bonds. The van der Waals surface area contributed by atoms with Crippen molar-refractivity contribution in [3.63, 3.8) is 0 Å². The number of rotatable bonds is 4. The van der Waals surface area contributed by atoms with Gasteiger partial charge in [0.05, 0.1) is 11.9 Å². The SMILES string of the molecule is CCc1ncc(S(=O)(=O)Nc2cc(C)c(O)cc2C)[nH]1. The normalized spacial score (nSPS) is 11.6. The second-order valence-corrected chi connectivity index (χ2v) is 6.26. The second kappa shape index (κ2) is 5.16. The maximum atomic E-state index is 12.2. The van der Waals surface area contributed by atoms with E-state index in [1.165, 1.54) is 12.3 Å².